The molecule has 2 nitrogen and oxygen atoms in total. The molecule has 0 spiro atoms. The molecule has 0 saturated carbocycles. The molecule has 0 saturated heterocycles. The molecule has 0 fully saturated rings. The van der Waals surface area contributed by atoms with Crippen molar-refractivity contribution in [3.63, 3.8) is 0 Å². The van der Waals surface area contributed by atoms with Crippen molar-refractivity contribution >= 4 is 0 Å². The van der Waals surface area contributed by atoms with Crippen LogP contribution >= 0.6 is 0 Å². The minimum Gasteiger partial charge on any atom is -0.396 e. The lowest BCUT2D eigenvalue weighted by Gasteiger charge is -2.15. The average molecular weight is 174 g/mol. The second kappa shape index (κ2) is 6.44. The number of aliphatic hydroxyl groups is 2. The summed E-state index contributed by atoms with van der Waals surface area (Å²) < 4.78 is 0. The molecule has 0 rings (SSSR count). The fourth-order valence-corrected chi connectivity index (χ4v) is 1.10. The lowest BCUT2D eigenvalue weighted by atomic mass is 9.98. The Bertz CT molecular complexity index is 102. The Balaban J connectivity index is 3.30. The Morgan fingerprint density at radius 1 is 1.08 bits per heavy atom. The van der Waals surface area contributed by atoms with E-state index in [4.69, 9.17) is 5.11 Å². The molecule has 0 heterocycles. The molecule has 74 valence electrons. The van der Waals surface area contributed by atoms with Crippen molar-refractivity contribution in [1.82, 2.24) is 0 Å². The number of rotatable bonds is 6. The highest BCUT2D eigenvalue weighted by atomic mass is 16.3. The number of hydrogen-bond donors (Lipinski definition) is 2. The second-order valence-corrected chi connectivity index (χ2v) is 4.03. The van der Waals surface area contributed by atoms with Crippen LogP contribution in [-0.2, 0) is 0 Å². The van der Waals surface area contributed by atoms with Crippen molar-refractivity contribution in [2.45, 2.75) is 46.1 Å². The highest BCUT2D eigenvalue weighted by Crippen LogP contribution is 2.13. The van der Waals surface area contributed by atoms with Crippen molar-refractivity contribution < 1.29 is 10.2 Å². The molecule has 2 heteroatoms. The van der Waals surface area contributed by atoms with Gasteiger partial charge in [0.2, 0.25) is 0 Å². The second-order valence-electron chi connectivity index (χ2n) is 4.03. The molecular weight excluding hydrogens is 152 g/mol. The molecule has 0 bridgehead atoms. The van der Waals surface area contributed by atoms with Crippen LogP contribution in [0.5, 0.6) is 0 Å². The minimum absolute atomic E-state index is 0.170. The van der Waals surface area contributed by atoms with Crippen molar-refractivity contribution in [1.29, 1.82) is 0 Å². The third-order valence-electron chi connectivity index (χ3n) is 2.28. The SMILES string of the molecule is CC(CO)CCCC(O)C(C)C. The van der Waals surface area contributed by atoms with Gasteiger partial charge in [-0.25, -0.2) is 0 Å². The zero-order valence-corrected chi connectivity index (χ0v) is 8.45. The van der Waals surface area contributed by atoms with E-state index < -0.39 is 0 Å². The molecule has 0 radical (unpaired) electrons. The standard InChI is InChI=1S/C10H22O2/c1-8(2)10(12)6-4-5-9(3)7-11/h8-12H,4-7H2,1-3H3. The zero-order chi connectivity index (χ0) is 9.56. The quantitative estimate of drug-likeness (QED) is 0.644. The Labute approximate surface area is 75.6 Å². The van der Waals surface area contributed by atoms with Crippen LogP contribution in [0.15, 0.2) is 0 Å². The summed E-state index contributed by atoms with van der Waals surface area (Å²) in [6.07, 6.45) is 2.72. The summed E-state index contributed by atoms with van der Waals surface area (Å²) in [4.78, 5) is 0. The Morgan fingerprint density at radius 2 is 1.67 bits per heavy atom. The number of hydrogen-bond acceptors (Lipinski definition) is 2. The van der Waals surface area contributed by atoms with E-state index in [1.807, 2.05) is 20.8 Å². The van der Waals surface area contributed by atoms with Crippen LogP contribution in [-0.4, -0.2) is 22.9 Å². The maximum atomic E-state index is 9.45. The van der Waals surface area contributed by atoms with E-state index in [2.05, 4.69) is 0 Å². The summed E-state index contributed by atoms with van der Waals surface area (Å²) in [6, 6.07) is 0. The van der Waals surface area contributed by atoms with Crippen molar-refractivity contribution in [2.75, 3.05) is 6.61 Å². The van der Waals surface area contributed by atoms with Crippen LogP contribution in [0, 0.1) is 11.8 Å². The lowest BCUT2D eigenvalue weighted by molar-refractivity contribution is 0.110. The summed E-state index contributed by atoms with van der Waals surface area (Å²) in [5.41, 5.74) is 0. The number of aliphatic hydroxyl groups excluding tert-OH is 2. The minimum atomic E-state index is -0.170. The van der Waals surface area contributed by atoms with Crippen molar-refractivity contribution in [3.05, 3.63) is 0 Å². The van der Waals surface area contributed by atoms with Gasteiger partial charge in [-0.05, 0) is 24.7 Å². The maximum absolute atomic E-state index is 9.45. The smallest absolute Gasteiger partial charge is 0.0563 e. The van der Waals surface area contributed by atoms with Crippen molar-refractivity contribution in [3.8, 4) is 0 Å². The summed E-state index contributed by atoms with van der Waals surface area (Å²) in [5.74, 6) is 0.735. The zero-order valence-electron chi connectivity index (χ0n) is 8.45. The van der Waals surface area contributed by atoms with E-state index in [1.54, 1.807) is 0 Å². The predicted molar refractivity (Wildman–Crippen MR) is 50.9 cm³/mol. The molecule has 0 aromatic rings. The van der Waals surface area contributed by atoms with Gasteiger partial charge in [0.1, 0.15) is 0 Å². The molecule has 0 aromatic heterocycles. The molecule has 0 aromatic carbocycles. The van der Waals surface area contributed by atoms with E-state index in [0.29, 0.717) is 11.8 Å². The topological polar surface area (TPSA) is 40.5 Å². The summed E-state index contributed by atoms with van der Waals surface area (Å²) in [5, 5.41) is 18.2. The first kappa shape index (κ1) is 11.9. The normalized spacial score (nSPS) is 16.5. The van der Waals surface area contributed by atoms with Gasteiger partial charge in [-0.3, -0.25) is 0 Å². The first-order valence-electron chi connectivity index (χ1n) is 4.86. The Kier molecular flexibility index (Phi) is 6.39. The van der Waals surface area contributed by atoms with Crippen molar-refractivity contribution in [2.24, 2.45) is 11.8 Å². The molecule has 0 aliphatic heterocycles. The van der Waals surface area contributed by atoms with Crippen LogP contribution in [0.25, 0.3) is 0 Å². The molecule has 2 unspecified atom stereocenters. The van der Waals surface area contributed by atoms with E-state index in [1.165, 1.54) is 0 Å². The van der Waals surface area contributed by atoms with Gasteiger partial charge in [-0.2, -0.15) is 0 Å². The maximum Gasteiger partial charge on any atom is 0.0563 e. The van der Waals surface area contributed by atoms with Gasteiger partial charge < -0.3 is 10.2 Å². The fraction of sp³-hybridized carbons (Fsp3) is 1.00. The van der Waals surface area contributed by atoms with Crippen LogP contribution in [0.4, 0.5) is 0 Å². The highest BCUT2D eigenvalue weighted by Gasteiger charge is 2.09. The van der Waals surface area contributed by atoms with Gasteiger partial charge in [-0.1, -0.05) is 27.2 Å². The molecule has 12 heavy (non-hydrogen) atoms. The van der Waals surface area contributed by atoms with Gasteiger partial charge in [-0.15, -0.1) is 0 Å². The molecule has 2 N–H and O–H groups in total. The largest absolute Gasteiger partial charge is 0.396 e. The third-order valence-corrected chi connectivity index (χ3v) is 2.28. The Morgan fingerprint density at radius 3 is 2.08 bits per heavy atom. The predicted octanol–water partition coefficient (Wildman–Crippen LogP) is 1.80. The first-order chi connectivity index (χ1) is 5.57. The molecule has 0 aliphatic carbocycles. The fourth-order valence-electron chi connectivity index (χ4n) is 1.10. The van der Waals surface area contributed by atoms with E-state index in [-0.39, 0.29) is 12.7 Å². The van der Waals surface area contributed by atoms with Gasteiger partial charge >= 0.3 is 0 Å². The van der Waals surface area contributed by atoms with Crippen LogP contribution in [0.3, 0.4) is 0 Å². The van der Waals surface area contributed by atoms with Gasteiger partial charge in [0.05, 0.1) is 6.10 Å². The third kappa shape index (κ3) is 5.56. The lowest BCUT2D eigenvalue weighted by Crippen LogP contribution is -2.14. The van der Waals surface area contributed by atoms with E-state index >= 15 is 0 Å². The monoisotopic (exact) mass is 174 g/mol. The van der Waals surface area contributed by atoms with E-state index in [0.717, 1.165) is 19.3 Å². The summed E-state index contributed by atoms with van der Waals surface area (Å²) in [7, 11) is 0. The van der Waals surface area contributed by atoms with Gasteiger partial charge in [0.25, 0.3) is 0 Å². The van der Waals surface area contributed by atoms with Crippen LogP contribution < -0.4 is 0 Å². The summed E-state index contributed by atoms with van der Waals surface area (Å²) in [6.45, 7) is 6.35. The van der Waals surface area contributed by atoms with Crippen LogP contribution in [0.1, 0.15) is 40.0 Å². The highest BCUT2D eigenvalue weighted by molar-refractivity contribution is 4.61. The van der Waals surface area contributed by atoms with Gasteiger partial charge in [0.15, 0.2) is 0 Å². The van der Waals surface area contributed by atoms with Gasteiger partial charge in [0, 0.05) is 6.61 Å². The average Bonchev–Trinajstić information content (AvgIpc) is 2.03. The van der Waals surface area contributed by atoms with Crippen LogP contribution in [0.2, 0.25) is 0 Å². The summed E-state index contributed by atoms with van der Waals surface area (Å²) >= 11 is 0. The molecule has 0 aliphatic rings. The molecule has 2 atom stereocenters. The first-order valence-corrected chi connectivity index (χ1v) is 4.86. The molecule has 0 amide bonds. The van der Waals surface area contributed by atoms with E-state index in [9.17, 15) is 5.11 Å². The Hall–Kier alpha value is -0.0800. The molecular formula is C10H22O2.